The molecule has 1 aliphatic carbocycles. The van der Waals surface area contributed by atoms with E-state index in [1.54, 1.807) is 12.1 Å². The summed E-state index contributed by atoms with van der Waals surface area (Å²) in [6.45, 7) is 0. The molecule has 0 radical (unpaired) electrons. The van der Waals surface area contributed by atoms with Gasteiger partial charge < -0.3 is 10.5 Å². The maximum atomic E-state index is 13.6. The molecule has 0 spiro atoms. The molecule has 2 N–H and O–H groups in total. The second kappa shape index (κ2) is 7.46. The molecule has 1 saturated carbocycles. The van der Waals surface area contributed by atoms with E-state index in [4.69, 9.17) is 10.5 Å². The second-order valence-corrected chi connectivity index (χ2v) is 6.31. The van der Waals surface area contributed by atoms with Crippen LogP contribution in [0.5, 0.6) is 11.5 Å². The van der Waals surface area contributed by atoms with E-state index in [1.165, 1.54) is 24.4 Å². The Kier molecular flexibility index (Phi) is 5.11. The highest BCUT2D eigenvalue weighted by molar-refractivity contribution is 5.78. The lowest BCUT2D eigenvalue weighted by atomic mass is 9.98. The van der Waals surface area contributed by atoms with Crippen molar-refractivity contribution in [2.45, 2.75) is 38.1 Å². The van der Waals surface area contributed by atoms with Crippen molar-refractivity contribution in [1.29, 1.82) is 0 Å². The number of nitrogens with two attached hydrogens (primary N) is 1. The number of carbonyl (C=O) groups excluding carboxylic acids is 1. The monoisotopic (exact) mass is 345 g/mol. The maximum Gasteiger partial charge on any atom is 0.271 e. The van der Waals surface area contributed by atoms with Gasteiger partial charge in [0, 0.05) is 6.07 Å². The smallest absolute Gasteiger partial charge is 0.271 e. The number of primary amides is 1. The van der Waals surface area contributed by atoms with Gasteiger partial charge in [-0.05, 0) is 24.5 Å². The van der Waals surface area contributed by atoms with Crippen LogP contribution in [0.25, 0.3) is 0 Å². The summed E-state index contributed by atoms with van der Waals surface area (Å²) in [7, 11) is 0. The van der Waals surface area contributed by atoms with E-state index < -0.39 is 23.3 Å². The Morgan fingerprint density at radius 3 is 2.72 bits per heavy atom. The van der Waals surface area contributed by atoms with Gasteiger partial charge in [0.1, 0.15) is 6.04 Å². The van der Waals surface area contributed by atoms with Crippen molar-refractivity contribution in [3.8, 4) is 11.5 Å². The average molecular weight is 345 g/mol. The highest BCUT2D eigenvalue weighted by atomic mass is 19.1. The molecule has 1 aromatic heterocycles. The van der Waals surface area contributed by atoms with E-state index >= 15 is 0 Å². The number of benzene rings is 1. The summed E-state index contributed by atoms with van der Waals surface area (Å²) in [5.41, 5.74) is 4.97. The van der Waals surface area contributed by atoms with E-state index in [0.29, 0.717) is 12.3 Å². The number of aromatic nitrogens is 2. The lowest BCUT2D eigenvalue weighted by molar-refractivity contribution is -0.122. The zero-order valence-electron chi connectivity index (χ0n) is 13.7. The first kappa shape index (κ1) is 17.1. The fraction of sp³-hybridized carbons (Fsp3) is 0.389. The Balaban J connectivity index is 1.81. The SMILES string of the molecule is NC(=O)[C@H](CC1CCCC1)n1ncc(Oc2ccccc2F)cc1=O. The molecule has 0 unspecified atom stereocenters. The molecule has 25 heavy (non-hydrogen) atoms. The molecule has 132 valence electrons. The molecule has 1 heterocycles. The van der Waals surface area contributed by atoms with Crippen LogP contribution in [0.15, 0.2) is 41.3 Å². The Hall–Kier alpha value is -2.70. The van der Waals surface area contributed by atoms with Crippen molar-refractivity contribution in [2.24, 2.45) is 11.7 Å². The Bertz CT molecular complexity index is 815. The predicted molar refractivity (Wildman–Crippen MR) is 89.8 cm³/mol. The van der Waals surface area contributed by atoms with Crippen LogP contribution < -0.4 is 16.0 Å². The van der Waals surface area contributed by atoms with Gasteiger partial charge in [0.25, 0.3) is 5.56 Å². The predicted octanol–water partition coefficient (Wildman–Crippen LogP) is 2.78. The summed E-state index contributed by atoms with van der Waals surface area (Å²) >= 11 is 0. The van der Waals surface area contributed by atoms with Crippen LogP contribution >= 0.6 is 0 Å². The highest BCUT2D eigenvalue weighted by Gasteiger charge is 2.26. The summed E-state index contributed by atoms with van der Waals surface area (Å²) in [6.07, 6.45) is 6.13. The van der Waals surface area contributed by atoms with Gasteiger partial charge in [0.05, 0.1) is 6.20 Å². The van der Waals surface area contributed by atoms with Crippen LogP contribution in [0.2, 0.25) is 0 Å². The second-order valence-electron chi connectivity index (χ2n) is 6.31. The van der Waals surface area contributed by atoms with Gasteiger partial charge in [-0.3, -0.25) is 9.59 Å². The van der Waals surface area contributed by atoms with E-state index in [1.807, 2.05) is 0 Å². The van der Waals surface area contributed by atoms with E-state index in [2.05, 4.69) is 5.10 Å². The van der Waals surface area contributed by atoms with Gasteiger partial charge in [-0.25, -0.2) is 9.07 Å². The first-order valence-corrected chi connectivity index (χ1v) is 8.35. The largest absolute Gasteiger partial charge is 0.452 e. The lowest BCUT2D eigenvalue weighted by Gasteiger charge is -2.19. The highest BCUT2D eigenvalue weighted by Crippen LogP contribution is 2.31. The number of hydrogen-bond donors (Lipinski definition) is 1. The Labute approximate surface area is 144 Å². The number of carbonyl (C=O) groups is 1. The fourth-order valence-corrected chi connectivity index (χ4v) is 3.24. The van der Waals surface area contributed by atoms with Crippen LogP contribution in [0.3, 0.4) is 0 Å². The number of amides is 1. The molecule has 2 aromatic rings. The summed E-state index contributed by atoms with van der Waals surface area (Å²) in [6, 6.07) is 6.28. The zero-order chi connectivity index (χ0) is 17.8. The number of rotatable bonds is 6. The minimum absolute atomic E-state index is 0.00106. The van der Waals surface area contributed by atoms with E-state index in [9.17, 15) is 14.0 Å². The van der Waals surface area contributed by atoms with Crippen molar-refractivity contribution >= 4 is 5.91 Å². The van der Waals surface area contributed by atoms with Crippen molar-refractivity contribution in [2.75, 3.05) is 0 Å². The summed E-state index contributed by atoms with van der Waals surface area (Å²) in [5.74, 6) is -0.637. The van der Waals surface area contributed by atoms with Gasteiger partial charge in [-0.1, -0.05) is 37.8 Å². The summed E-state index contributed by atoms with van der Waals surface area (Å²) in [4.78, 5) is 24.2. The van der Waals surface area contributed by atoms with Crippen molar-refractivity contribution in [1.82, 2.24) is 9.78 Å². The van der Waals surface area contributed by atoms with Gasteiger partial charge >= 0.3 is 0 Å². The average Bonchev–Trinajstić information content (AvgIpc) is 3.08. The normalized spacial score (nSPS) is 15.9. The molecule has 6 nitrogen and oxygen atoms in total. The molecule has 7 heteroatoms. The number of nitrogens with zero attached hydrogens (tertiary/aromatic N) is 2. The molecule has 0 bridgehead atoms. The number of ether oxygens (including phenoxy) is 1. The Morgan fingerprint density at radius 2 is 2.08 bits per heavy atom. The molecule has 1 fully saturated rings. The number of para-hydroxylation sites is 1. The molecule has 0 aliphatic heterocycles. The van der Waals surface area contributed by atoms with Gasteiger partial charge in [-0.15, -0.1) is 0 Å². The Morgan fingerprint density at radius 1 is 1.36 bits per heavy atom. The number of hydrogen-bond acceptors (Lipinski definition) is 4. The topological polar surface area (TPSA) is 87.2 Å². The molecule has 1 amide bonds. The maximum absolute atomic E-state index is 13.6. The number of halogens is 1. The minimum Gasteiger partial charge on any atom is -0.452 e. The van der Waals surface area contributed by atoms with E-state index in [-0.39, 0.29) is 11.5 Å². The molecule has 3 rings (SSSR count). The first-order chi connectivity index (χ1) is 12.0. The van der Waals surface area contributed by atoms with E-state index in [0.717, 1.165) is 30.4 Å². The first-order valence-electron chi connectivity index (χ1n) is 8.35. The minimum atomic E-state index is -0.780. The van der Waals surface area contributed by atoms with Crippen molar-refractivity contribution in [3.63, 3.8) is 0 Å². The van der Waals surface area contributed by atoms with Crippen LogP contribution in [0.4, 0.5) is 4.39 Å². The summed E-state index contributed by atoms with van der Waals surface area (Å²) < 4.78 is 20.1. The standard InChI is InChI=1S/C18H20FN3O3/c19-14-7-3-4-8-16(14)25-13-10-17(23)22(21-11-13)15(18(20)24)9-12-5-1-2-6-12/h3-4,7-8,10-12,15H,1-2,5-6,9H2,(H2,20,24)/t15-/m0/s1. The van der Waals surface area contributed by atoms with Gasteiger partial charge in [-0.2, -0.15) is 5.10 Å². The van der Waals surface area contributed by atoms with Gasteiger partial charge in [0.15, 0.2) is 17.3 Å². The quantitative estimate of drug-likeness (QED) is 0.872. The molecule has 1 atom stereocenters. The summed E-state index contributed by atoms with van der Waals surface area (Å²) in [5, 5.41) is 4.02. The third kappa shape index (κ3) is 4.04. The third-order valence-electron chi connectivity index (χ3n) is 4.52. The fourth-order valence-electron chi connectivity index (χ4n) is 3.24. The third-order valence-corrected chi connectivity index (χ3v) is 4.52. The lowest BCUT2D eigenvalue weighted by Crippen LogP contribution is -2.36. The van der Waals surface area contributed by atoms with Crippen molar-refractivity contribution < 1.29 is 13.9 Å². The molecule has 1 aliphatic rings. The van der Waals surface area contributed by atoms with Crippen LogP contribution in [0, 0.1) is 11.7 Å². The molecule has 1 aromatic carbocycles. The van der Waals surface area contributed by atoms with Crippen LogP contribution in [-0.2, 0) is 4.79 Å². The zero-order valence-corrected chi connectivity index (χ0v) is 13.7. The van der Waals surface area contributed by atoms with Gasteiger partial charge in [0.2, 0.25) is 5.91 Å². The molecular formula is C18H20FN3O3. The molecule has 0 saturated heterocycles. The van der Waals surface area contributed by atoms with Crippen LogP contribution in [-0.4, -0.2) is 15.7 Å². The molecular weight excluding hydrogens is 325 g/mol. The van der Waals surface area contributed by atoms with Crippen LogP contribution in [0.1, 0.15) is 38.1 Å². The van der Waals surface area contributed by atoms with Crippen molar-refractivity contribution in [3.05, 3.63) is 52.7 Å².